The lowest BCUT2D eigenvalue weighted by atomic mass is 10.0. The monoisotopic (exact) mass is 380 g/mol. The topological polar surface area (TPSA) is 48.9 Å². The maximum atomic E-state index is 6.10. The summed E-state index contributed by atoms with van der Waals surface area (Å²) in [5.41, 5.74) is 1.05. The Kier molecular flexibility index (Phi) is 8.69. The molecule has 0 aliphatic carbocycles. The molecule has 26 heavy (non-hydrogen) atoms. The molecule has 0 saturated carbocycles. The zero-order valence-corrected chi connectivity index (χ0v) is 17.2. The maximum absolute atomic E-state index is 6.10. The summed E-state index contributed by atoms with van der Waals surface area (Å²) in [6.45, 7) is 10.3. The van der Waals surface area contributed by atoms with E-state index in [1.165, 1.54) is 0 Å². The van der Waals surface area contributed by atoms with Gasteiger partial charge in [0.1, 0.15) is 6.10 Å². The molecule has 0 aromatic heterocycles. The van der Waals surface area contributed by atoms with Gasteiger partial charge in [-0.15, -0.1) is 0 Å². The van der Waals surface area contributed by atoms with Crippen LogP contribution in [0.15, 0.2) is 29.3 Å². The average molecular weight is 381 g/mol. The minimum absolute atomic E-state index is 0.105. The van der Waals surface area contributed by atoms with Crippen LogP contribution in [0.2, 0.25) is 5.02 Å². The van der Waals surface area contributed by atoms with Gasteiger partial charge in [-0.2, -0.15) is 0 Å². The Labute approximate surface area is 163 Å². The molecule has 1 aromatic rings. The van der Waals surface area contributed by atoms with E-state index in [0.29, 0.717) is 18.6 Å². The van der Waals surface area contributed by atoms with Gasteiger partial charge in [-0.25, -0.2) is 0 Å². The Balaban J connectivity index is 1.95. The molecular formula is C20H33ClN4O. The molecule has 0 spiro atoms. The summed E-state index contributed by atoms with van der Waals surface area (Å²) in [6.07, 6.45) is 2.18. The van der Waals surface area contributed by atoms with E-state index >= 15 is 0 Å². The smallest absolute Gasteiger partial charge is 0.191 e. The van der Waals surface area contributed by atoms with E-state index in [2.05, 4.69) is 36.3 Å². The number of ether oxygens (including phenoxy) is 1. The predicted octanol–water partition coefficient (Wildman–Crippen LogP) is 3.46. The Morgan fingerprint density at radius 3 is 2.65 bits per heavy atom. The van der Waals surface area contributed by atoms with Crippen molar-refractivity contribution in [1.29, 1.82) is 0 Å². The van der Waals surface area contributed by atoms with Crippen LogP contribution >= 0.6 is 11.6 Å². The molecule has 1 saturated heterocycles. The second-order valence-electron chi connectivity index (χ2n) is 7.05. The van der Waals surface area contributed by atoms with Gasteiger partial charge in [0.05, 0.1) is 6.54 Å². The molecule has 0 amide bonds. The summed E-state index contributed by atoms with van der Waals surface area (Å²) >= 11 is 6.10. The highest BCUT2D eigenvalue weighted by Gasteiger charge is 2.21. The quantitative estimate of drug-likeness (QED) is 0.561. The SMILES string of the molecule is CCNC(=NCC(OC)c1cccc(Cl)c1)NC1CCN(C(C)C)CC1. The lowest BCUT2D eigenvalue weighted by Gasteiger charge is -2.35. The fraction of sp³-hybridized carbons (Fsp3) is 0.650. The number of piperidine rings is 1. The summed E-state index contributed by atoms with van der Waals surface area (Å²) in [5, 5.41) is 7.66. The summed E-state index contributed by atoms with van der Waals surface area (Å²) in [5.74, 6) is 0.861. The van der Waals surface area contributed by atoms with Gasteiger partial charge < -0.3 is 20.3 Å². The number of benzene rings is 1. The van der Waals surface area contributed by atoms with Crippen molar-refractivity contribution in [2.75, 3.05) is 33.3 Å². The fourth-order valence-corrected chi connectivity index (χ4v) is 3.47. The van der Waals surface area contributed by atoms with Crippen molar-refractivity contribution in [2.45, 2.75) is 51.8 Å². The van der Waals surface area contributed by atoms with Crippen LogP contribution in [0.5, 0.6) is 0 Å². The van der Waals surface area contributed by atoms with Crippen LogP contribution in [0.4, 0.5) is 0 Å². The van der Waals surface area contributed by atoms with Crippen LogP contribution in [0.3, 0.4) is 0 Å². The first kappa shape index (κ1) is 21.0. The molecule has 146 valence electrons. The lowest BCUT2D eigenvalue weighted by molar-refractivity contribution is 0.111. The highest BCUT2D eigenvalue weighted by atomic mass is 35.5. The standard InChI is InChI=1S/C20H33ClN4O/c1-5-22-20(24-18-9-11-25(12-10-18)15(2)3)23-14-19(26-4)16-7-6-8-17(21)13-16/h6-8,13,15,18-19H,5,9-12,14H2,1-4H3,(H2,22,23,24). The van der Waals surface area contributed by atoms with E-state index in [4.69, 9.17) is 21.3 Å². The maximum Gasteiger partial charge on any atom is 0.191 e. The number of likely N-dealkylation sites (tertiary alicyclic amines) is 1. The van der Waals surface area contributed by atoms with E-state index in [-0.39, 0.29) is 6.10 Å². The second kappa shape index (κ2) is 10.8. The van der Waals surface area contributed by atoms with E-state index in [9.17, 15) is 0 Å². The van der Waals surface area contributed by atoms with Gasteiger partial charge in [-0.3, -0.25) is 4.99 Å². The van der Waals surface area contributed by atoms with E-state index in [1.807, 2.05) is 24.3 Å². The molecule has 0 bridgehead atoms. The van der Waals surface area contributed by atoms with Gasteiger partial charge in [0, 0.05) is 43.9 Å². The van der Waals surface area contributed by atoms with E-state index in [1.54, 1.807) is 7.11 Å². The van der Waals surface area contributed by atoms with Crippen molar-refractivity contribution >= 4 is 17.6 Å². The molecule has 1 aromatic carbocycles. The zero-order chi connectivity index (χ0) is 18.9. The largest absolute Gasteiger partial charge is 0.375 e. The van der Waals surface area contributed by atoms with Gasteiger partial charge in [0.2, 0.25) is 0 Å². The molecule has 1 aliphatic rings. The zero-order valence-electron chi connectivity index (χ0n) is 16.5. The van der Waals surface area contributed by atoms with Crippen LogP contribution in [0.25, 0.3) is 0 Å². The van der Waals surface area contributed by atoms with Gasteiger partial charge in [0.25, 0.3) is 0 Å². The number of rotatable bonds is 7. The van der Waals surface area contributed by atoms with Gasteiger partial charge in [-0.05, 0) is 51.3 Å². The third kappa shape index (κ3) is 6.45. The fourth-order valence-electron chi connectivity index (χ4n) is 3.27. The third-order valence-electron chi connectivity index (χ3n) is 4.87. The van der Waals surface area contributed by atoms with Gasteiger partial charge in [-0.1, -0.05) is 23.7 Å². The molecule has 1 fully saturated rings. The number of guanidine groups is 1. The highest BCUT2D eigenvalue weighted by molar-refractivity contribution is 6.30. The third-order valence-corrected chi connectivity index (χ3v) is 5.10. The number of aliphatic imine (C=N–C) groups is 1. The van der Waals surface area contributed by atoms with Gasteiger partial charge in [0.15, 0.2) is 5.96 Å². The number of methoxy groups -OCH3 is 1. The molecule has 2 N–H and O–H groups in total. The minimum atomic E-state index is -0.105. The van der Waals surface area contributed by atoms with Crippen LogP contribution < -0.4 is 10.6 Å². The summed E-state index contributed by atoms with van der Waals surface area (Å²) in [7, 11) is 1.71. The van der Waals surface area contributed by atoms with Crippen molar-refractivity contribution in [1.82, 2.24) is 15.5 Å². The second-order valence-corrected chi connectivity index (χ2v) is 7.48. The molecule has 1 atom stereocenters. The van der Waals surface area contributed by atoms with Crippen molar-refractivity contribution in [3.8, 4) is 0 Å². The molecule has 1 heterocycles. The lowest BCUT2D eigenvalue weighted by Crippen LogP contribution is -2.50. The van der Waals surface area contributed by atoms with Crippen molar-refractivity contribution in [3.05, 3.63) is 34.9 Å². The minimum Gasteiger partial charge on any atom is -0.375 e. The number of halogens is 1. The predicted molar refractivity (Wildman–Crippen MR) is 110 cm³/mol. The van der Waals surface area contributed by atoms with Crippen LogP contribution in [0.1, 0.15) is 45.3 Å². The first-order chi connectivity index (χ1) is 12.5. The summed E-state index contributed by atoms with van der Waals surface area (Å²) < 4.78 is 5.62. The first-order valence-corrected chi connectivity index (χ1v) is 9.98. The summed E-state index contributed by atoms with van der Waals surface area (Å²) in [4.78, 5) is 7.28. The molecule has 1 aliphatic heterocycles. The van der Waals surface area contributed by atoms with Crippen LogP contribution in [0, 0.1) is 0 Å². The van der Waals surface area contributed by atoms with E-state index in [0.717, 1.165) is 49.0 Å². The van der Waals surface area contributed by atoms with Crippen molar-refractivity contribution in [2.24, 2.45) is 4.99 Å². The highest BCUT2D eigenvalue weighted by Crippen LogP contribution is 2.20. The number of nitrogens with one attached hydrogen (secondary N) is 2. The molecule has 1 unspecified atom stereocenters. The Hall–Kier alpha value is -1.30. The van der Waals surface area contributed by atoms with E-state index < -0.39 is 0 Å². The average Bonchev–Trinajstić information content (AvgIpc) is 2.63. The Morgan fingerprint density at radius 1 is 1.35 bits per heavy atom. The molecular weight excluding hydrogens is 348 g/mol. The number of hydrogen-bond acceptors (Lipinski definition) is 3. The number of nitrogens with zero attached hydrogens (tertiary/aromatic N) is 2. The van der Waals surface area contributed by atoms with Gasteiger partial charge >= 0.3 is 0 Å². The molecule has 5 nitrogen and oxygen atoms in total. The molecule has 0 radical (unpaired) electrons. The van der Waals surface area contributed by atoms with Crippen molar-refractivity contribution in [3.63, 3.8) is 0 Å². The number of hydrogen-bond donors (Lipinski definition) is 2. The summed E-state index contributed by atoms with van der Waals surface area (Å²) in [6, 6.07) is 8.87. The molecule has 2 rings (SSSR count). The van der Waals surface area contributed by atoms with Crippen LogP contribution in [-0.2, 0) is 4.74 Å². The van der Waals surface area contributed by atoms with Crippen molar-refractivity contribution < 1.29 is 4.74 Å². The Morgan fingerprint density at radius 2 is 2.08 bits per heavy atom. The Bertz CT molecular complexity index is 571. The first-order valence-electron chi connectivity index (χ1n) is 9.60. The normalized spacial score (nSPS) is 18.2. The molecule has 6 heteroatoms. The van der Waals surface area contributed by atoms with Crippen LogP contribution in [-0.4, -0.2) is 56.2 Å².